The smallest absolute Gasteiger partial charge is 0.259 e. The van der Waals surface area contributed by atoms with E-state index in [2.05, 4.69) is 4.74 Å². The van der Waals surface area contributed by atoms with Gasteiger partial charge in [-0.3, -0.25) is 15.0 Å². The van der Waals surface area contributed by atoms with Gasteiger partial charge in [-0.2, -0.15) is 0 Å². The summed E-state index contributed by atoms with van der Waals surface area (Å²) in [5, 5.41) is 0. The van der Waals surface area contributed by atoms with Crippen molar-refractivity contribution in [2.75, 3.05) is 13.2 Å². The van der Waals surface area contributed by atoms with E-state index in [1.54, 1.807) is 0 Å². The summed E-state index contributed by atoms with van der Waals surface area (Å²) >= 11 is 0. The lowest BCUT2D eigenvalue weighted by Crippen LogP contribution is -2.34. The van der Waals surface area contributed by atoms with Gasteiger partial charge in [0.15, 0.2) is 0 Å². The van der Waals surface area contributed by atoms with E-state index in [0.29, 0.717) is 0 Å². The normalized spacial score (nSPS) is 8.90. The van der Waals surface area contributed by atoms with Crippen molar-refractivity contribution in [1.29, 1.82) is 0 Å². The zero-order valence-corrected chi connectivity index (χ0v) is 5.29. The van der Waals surface area contributed by atoms with Crippen LogP contribution in [0.2, 0.25) is 0 Å². The van der Waals surface area contributed by atoms with Gasteiger partial charge in [0.1, 0.15) is 13.2 Å². The first kappa shape index (κ1) is 8.86. The van der Waals surface area contributed by atoms with E-state index in [-0.39, 0.29) is 13.2 Å². The molecule has 2 amide bonds. The first-order chi connectivity index (χ1) is 4.66. The zero-order chi connectivity index (χ0) is 7.98. The number of primary amides is 1. The molecular weight excluding hydrogens is 138 g/mol. The highest BCUT2D eigenvalue weighted by atomic mass is 16.5. The lowest BCUT2D eigenvalue weighted by atomic mass is 10.6. The Morgan fingerprint density at radius 2 is 2.00 bits per heavy atom. The number of hydrogen-bond donors (Lipinski definition) is 3. The Labute approximate surface area is 57.5 Å². The van der Waals surface area contributed by atoms with Gasteiger partial charge < -0.3 is 10.5 Å². The van der Waals surface area contributed by atoms with Gasteiger partial charge in [0.25, 0.3) is 5.91 Å². The standard InChI is InChI=1S/C4H9N3O3/c5-3(8)1-10-2-4(9)7-6/h1-2,6H2,(H2,5,8)(H,7,9). The molecule has 0 saturated carbocycles. The van der Waals surface area contributed by atoms with Gasteiger partial charge in [-0.15, -0.1) is 0 Å². The van der Waals surface area contributed by atoms with Crippen molar-refractivity contribution >= 4 is 11.8 Å². The molecule has 0 aromatic heterocycles. The summed E-state index contributed by atoms with van der Waals surface area (Å²) in [4.78, 5) is 20.3. The van der Waals surface area contributed by atoms with Crippen molar-refractivity contribution in [2.24, 2.45) is 11.6 Å². The number of rotatable bonds is 4. The number of hydrazine groups is 1. The number of nitrogens with one attached hydrogen (secondary N) is 1. The van der Waals surface area contributed by atoms with Crippen molar-refractivity contribution in [3.8, 4) is 0 Å². The Hall–Kier alpha value is -1.14. The minimum atomic E-state index is -0.621. The van der Waals surface area contributed by atoms with Crippen LogP contribution >= 0.6 is 0 Å². The van der Waals surface area contributed by atoms with Crippen LogP contribution in [0.5, 0.6) is 0 Å². The number of hydrogen-bond acceptors (Lipinski definition) is 4. The predicted octanol–water partition coefficient (Wildman–Crippen LogP) is -2.52. The van der Waals surface area contributed by atoms with E-state index >= 15 is 0 Å². The highest BCUT2D eigenvalue weighted by Gasteiger charge is 1.98. The first-order valence-corrected chi connectivity index (χ1v) is 2.52. The molecule has 0 aromatic carbocycles. The van der Waals surface area contributed by atoms with Crippen molar-refractivity contribution in [3.05, 3.63) is 0 Å². The second-order valence-corrected chi connectivity index (χ2v) is 1.53. The molecule has 0 heterocycles. The molecule has 0 rings (SSSR count). The van der Waals surface area contributed by atoms with E-state index in [1.807, 2.05) is 5.43 Å². The van der Waals surface area contributed by atoms with Gasteiger partial charge in [0.2, 0.25) is 5.91 Å². The van der Waals surface area contributed by atoms with E-state index in [1.165, 1.54) is 0 Å². The van der Waals surface area contributed by atoms with E-state index < -0.39 is 11.8 Å². The minimum absolute atomic E-state index is 0.251. The molecule has 0 spiro atoms. The Balaban J connectivity index is 3.20. The third-order valence-electron chi connectivity index (χ3n) is 0.638. The fourth-order valence-corrected chi connectivity index (χ4v) is 0.286. The average Bonchev–Trinajstić information content (AvgIpc) is 1.87. The second-order valence-electron chi connectivity index (χ2n) is 1.53. The highest BCUT2D eigenvalue weighted by Crippen LogP contribution is 1.71. The Morgan fingerprint density at radius 1 is 1.40 bits per heavy atom. The molecule has 5 N–H and O–H groups in total. The lowest BCUT2D eigenvalue weighted by molar-refractivity contribution is -0.129. The quantitative estimate of drug-likeness (QED) is 0.231. The molecule has 0 aliphatic rings. The van der Waals surface area contributed by atoms with E-state index in [4.69, 9.17) is 11.6 Å². The first-order valence-electron chi connectivity index (χ1n) is 2.52. The molecule has 0 aliphatic carbocycles. The summed E-state index contributed by atoms with van der Waals surface area (Å²) in [5.74, 6) is 3.57. The number of ether oxygens (including phenoxy) is 1. The fraction of sp³-hybridized carbons (Fsp3) is 0.500. The maximum Gasteiger partial charge on any atom is 0.259 e. The number of amides is 2. The topological polar surface area (TPSA) is 107 Å². The van der Waals surface area contributed by atoms with Gasteiger partial charge in [-0.1, -0.05) is 0 Å². The van der Waals surface area contributed by atoms with Crippen LogP contribution in [0.3, 0.4) is 0 Å². The number of carbonyl (C=O) groups excluding carboxylic acids is 2. The van der Waals surface area contributed by atoms with Crippen LogP contribution in [-0.2, 0) is 14.3 Å². The van der Waals surface area contributed by atoms with Crippen molar-refractivity contribution in [1.82, 2.24) is 5.43 Å². The number of carbonyl (C=O) groups is 2. The Morgan fingerprint density at radius 3 is 2.40 bits per heavy atom. The van der Waals surface area contributed by atoms with Gasteiger partial charge in [-0.25, -0.2) is 5.84 Å². The average molecular weight is 147 g/mol. The van der Waals surface area contributed by atoms with Crippen molar-refractivity contribution in [3.63, 3.8) is 0 Å². The van der Waals surface area contributed by atoms with Gasteiger partial charge in [-0.05, 0) is 0 Å². The maximum absolute atomic E-state index is 10.3. The van der Waals surface area contributed by atoms with Crippen LogP contribution in [0.1, 0.15) is 0 Å². The molecular formula is C4H9N3O3. The monoisotopic (exact) mass is 147 g/mol. The van der Waals surface area contributed by atoms with Gasteiger partial charge in [0, 0.05) is 0 Å². The summed E-state index contributed by atoms with van der Waals surface area (Å²) in [6.07, 6.45) is 0. The Kier molecular flexibility index (Phi) is 4.17. The van der Waals surface area contributed by atoms with Crippen molar-refractivity contribution in [2.45, 2.75) is 0 Å². The van der Waals surface area contributed by atoms with Gasteiger partial charge in [0.05, 0.1) is 0 Å². The van der Waals surface area contributed by atoms with Crippen LogP contribution in [0, 0.1) is 0 Å². The van der Waals surface area contributed by atoms with Crippen LogP contribution in [0.25, 0.3) is 0 Å². The fourth-order valence-electron chi connectivity index (χ4n) is 0.286. The molecule has 0 unspecified atom stereocenters. The zero-order valence-electron chi connectivity index (χ0n) is 5.29. The van der Waals surface area contributed by atoms with Crippen LogP contribution in [0.15, 0.2) is 0 Å². The molecule has 0 aromatic rings. The van der Waals surface area contributed by atoms with Gasteiger partial charge >= 0.3 is 0 Å². The summed E-state index contributed by atoms with van der Waals surface area (Å²) in [6, 6.07) is 0. The third kappa shape index (κ3) is 5.01. The van der Waals surface area contributed by atoms with Crippen LogP contribution in [0.4, 0.5) is 0 Å². The molecule has 0 bridgehead atoms. The molecule has 6 nitrogen and oxygen atoms in total. The largest absolute Gasteiger partial charge is 0.368 e. The second kappa shape index (κ2) is 4.71. The third-order valence-corrected chi connectivity index (χ3v) is 0.638. The highest BCUT2D eigenvalue weighted by molar-refractivity contribution is 5.78. The summed E-state index contributed by atoms with van der Waals surface area (Å²) in [7, 11) is 0. The van der Waals surface area contributed by atoms with Crippen molar-refractivity contribution < 1.29 is 14.3 Å². The SMILES string of the molecule is NNC(=O)COCC(N)=O. The van der Waals surface area contributed by atoms with E-state index in [9.17, 15) is 9.59 Å². The predicted molar refractivity (Wildman–Crippen MR) is 32.3 cm³/mol. The summed E-state index contributed by atoms with van der Waals surface area (Å²) in [6.45, 7) is -0.521. The number of nitrogens with two attached hydrogens (primary N) is 2. The lowest BCUT2D eigenvalue weighted by Gasteiger charge is -1.98. The molecule has 0 radical (unpaired) electrons. The molecule has 58 valence electrons. The van der Waals surface area contributed by atoms with Crippen LogP contribution in [-0.4, -0.2) is 25.0 Å². The van der Waals surface area contributed by atoms with Crippen LogP contribution < -0.4 is 17.0 Å². The molecule has 0 saturated heterocycles. The molecule has 10 heavy (non-hydrogen) atoms. The minimum Gasteiger partial charge on any atom is -0.368 e. The molecule has 6 heteroatoms. The summed E-state index contributed by atoms with van der Waals surface area (Å²) in [5.41, 5.74) is 6.52. The Bertz CT molecular complexity index is 136. The summed E-state index contributed by atoms with van der Waals surface area (Å²) < 4.78 is 4.48. The molecule has 0 fully saturated rings. The molecule has 0 atom stereocenters. The van der Waals surface area contributed by atoms with E-state index in [0.717, 1.165) is 0 Å². The molecule has 0 aliphatic heterocycles. The maximum atomic E-state index is 10.3.